The Morgan fingerprint density at radius 3 is 2.20 bits per heavy atom. The van der Waals surface area contributed by atoms with Crippen molar-refractivity contribution < 1.29 is 33.6 Å². The average Bonchev–Trinajstić information content (AvgIpc) is 3.21. The molecule has 8 nitrogen and oxygen atoms in total. The fraction of sp³-hybridized carbons (Fsp3) is 0.267. The zero-order valence-corrected chi connectivity index (χ0v) is 24.2. The third-order valence-electron chi connectivity index (χ3n) is 6.35. The maximum Gasteiger partial charge on any atom is 0.300 e. The lowest BCUT2D eigenvalue weighted by Gasteiger charge is -2.26. The van der Waals surface area contributed by atoms with Crippen LogP contribution in [0.15, 0.2) is 60.2 Å². The van der Waals surface area contributed by atoms with E-state index in [4.69, 9.17) is 42.1 Å². The smallest absolute Gasteiger partial charge is 0.300 e. The minimum atomic E-state index is -1.01. The van der Waals surface area contributed by atoms with Gasteiger partial charge in [-0.2, -0.15) is 0 Å². The Kier molecular flexibility index (Phi) is 8.81. The van der Waals surface area contributed by atoms with Gasteiger partial charge in [-0.15, -0.1) is 0 Å². The lowest BCUT2D eigenvalue weighted by Crippen LogP contribution is -2.29. The highest BCUT2D eigenvalue weighted by molar-refractivity contribution is 6.52. The quantitative estimate of drug-likeness (QED) is 0.170. The molecule has 1 unspecified atom stereocenters. The number of rotatable bonds is 9. The van der Waals surface area contributed by atoms with Gasteiger partial charge in [-0.05, 0) is 53.9 Å². The molecule has 1 N–H and O–H groups in total. The molecule has 1 atom stereocenters. The number of methoxy groups -OCH3 is 3. The van der Waals surface area contributed by atoms with Crippen molar-refractivity contribution in [2.24, 2.45) is 5.92 Å². The van der Waals surface area contributed by atoms with Crippen molar-refractivity contribution in [3.63, 3.8) is 0 Å². The van der Waals surface area contributed by atoms with E-state index in [9.17, 15) is 14.7 Å². The summed E-state index contributed by atoms with van der Waals surface area (Å²) in [7, 11) is 4.25. The second-order valence-corrected chi connectivity index (χ2v) is 10.2. The molecular formula is C30H29Cl2NO7. The molecule has 3 aromatic rings. The molecular weight excluding hydrogens is 557 g/mol. The van der Waals surface area contributed by atoms with Crippen LogP contribution in [0.5, 0.6) is 23.0 Å². The third kappa shape index (κ3) is 5.42. The van der Waals surface area contributed by atoms with E-state index in [1.54, 1.807) is 48.5 Å². The number of Topliss-reactive ketones (excluding diaryl/α,β-unsaturated/α-hetero) is 1. The van der Waals surface area contributed by atoms with Crippen LogP contribution in [0, 0.1) is 5.92 Å². The summed E-state index contributed by atoms with van der Waals surface area (Å²) in [5.74, 6) is -0.585. The fourth-order valence-electron chi connectivity index (χ4n) is 4.48. The number of aliphatic hydroxyl groups excluding tert-OH is 1. The zero-order valence-electron chi connectivity index (χ0n) is 22.7. The molecule has 1 amide bonds. The van der Waals surface area contributed by atoms with Crippen molar-refractivity contribution in [3.05, 3.63) is 81.3 Å². The van der Waals surface area contributed by atoms with Crippen LogP contribution >= 0.6 is 23.2 Å². The zero-order chi connectivity index (χ0) is 29.1. The van der Waals surface area contributed by atoms with Gasteiger partial charge in [0.25, 0.3) is 11.7 Å². The van der Waals surface area contributed by atoms with E-state index in [2.05, 4.69) is 0 Å². The van der Waals surface area contributed by atoms with Crippen LogP contribution in [0.2, 0.25) is 10.0 Å². The number of ether oxygens (including phenoxy) is 4. The second-order valence-electron chi connectivity index (χ2n) is 9.43. The Bertz CT molecular complexity index is 1470. The van der Waals surface area contributed by atoms with Crippen LogP contribution in [-0.4, -0.2) is 44.7 Å². The number of hydrogen-bond donors (Lipinski definition) is 1. The third-order valence-corrected chi connectivity index (χ3v) is 6.97. The van der Waals surface area contributed by atoms with Crippen LogP contribution in [0.4, 0.5) is 5.69 Å². The summed E-state index contributed by atoms with van der Waals surface area (Å²) in [6, 6.07) is 14.1. The van der Waals surface area contributed by atoms with E-state index in [-0.39, 0.29) is 32.7 Å². The molecule has 0 aromatic heterocycles. The molecule has 210 valence electrons. The minimum Gasteiger partial charge on any atom is -0.507 e. The van der Waals surface area contributed by atoms with Gasteiger partial charge in [0.15, 0.2) is 11.5 Å². The number of benzene rings is 3. The highest BCUT2D eigenvalue weighted by Gasteiger charge is 2.47. The SMILES string of the molecule is COc1cccc(C2/C(=C(\O)c3cc(Cl)c(OC)c(Cl)c3OC)C(=O)C(=O)N2c2ccc(OCC(C)C)cc2)c1. The molecule has 0 aliphatic carbocycles. The highest BCUT2D eigenvalue weighted by Crippen LogP contribution is 2.48. The van der Waals surface area contributed by atoms with Gasteiger partial charge >= 0.3 is 0 Å². The minimum absolute atomic E-state index is 0.00296. The summed E-state index contributed by atoms with van der Waals surface area (Å²) >= 11 is 12.8. The Morgan fingerprint density at radius 1 is 0.925 bits per heavy atom. The van der Waals surface area contributed by atoms with Crippen molar-refractivity contribution in [3.8, 4) is 23.0 Å². The topological polar surface area (TPSA) is 94.5 Å². The average molecular weight is 586 g/mol. The first-order valence-electron chi connectivity index (χ1n) is 12.4. The molecule has 1 aliphatic heterocycles. The monoisotopic (exact) mass is 585 g/mol. The molecule has 3 aromatic carbocycles. The Hall–Kier alpha value is -3.88. The number of carbonyl (C=O) groups excluding carboxylic acids is 2. The van der Waals surface area contributed by atoms with Crippen LogP contribution in [0.25, 0.3) is 5.76 Å². The molecule has 1 fully saturated rings. The number of anilines is 1. The van der Waals surface area contributed by atoms with Crippen LogP contribution in [0.3, 0.4) is 0 Å². The summed E-state index contributed by atoms with van der Waals surface area (Å²) in [5, 5.41) is 11.7. The number of halogens is 2. The highest BCUT2D eigenvalue weighted by atomic mass is 35.5. The van der Waals surface area contributed by atoms with Crippen molar-refractivity contribution in [1.82, 2.24) is 0 Å². The molecule has 0 bridgehead atoms. The molecule has 10 heteroatoms. The van der Waals surface area contributed by atoms with Gasteiger partial charge in [-0.25, -0.2) is 0 Å². The van der Waals surface area contributed by atoms with Crippen molar-refractivity contribution >= 4 is 46.3 Å². The van der Waals surface area contributed by atoms with Crippen LogP contribution < -0.4 is 23.8 Å². The molecule has 1 heterocycles. The van der Waals surface area contributed by atoms with Gasteiger partial charge in [-0.3, -0.25) is 14.5 Å². The maximum atomic E-state index is 13.6. The summed E-state index contributed by atoms with van der Waals surface area (Å²) in [6.07, 6.45) is 0. The fourth-order valence-corrected chi connectivity index (χ4v) is 5.17. The van der Waals surface area contributed by atoms with Gasteiger partial charge in [0.2, 0.25) is 0 Å². The number of carbonyl (C=O) groups is 2. The van der Waals surface area contributed by atoms with E-state index in [1.807, 2.05) is 13.8 Å². The first kappa shape index (κ1) is 29.1. The summed E-state index contributed by atoms with van der Waals surface area (Å²) in [4.78, 5) is 28.5. The van der Waals surface area contributed by atoms with Crippen molar-refractivity contribution in [2.75, 3.05) is 32.8 Å². The van der Waals surface area contributed by atoms with Gasteiger partial charge in [0.05, 0.1) is 50.1 Å². The predicted octanol–water partition coefficient (Wildman–Crippen LogP) is 6.68. The molecule has 0 radical (unpaired) electrons. The largest absolute Gasteiger partial charge is 0.507 e. The van der Waals surface area contributed by atoms with Gasteiger partial charge in [0, 0.05) is 5.69 Å². The molecule has 0 spiro atoms. The lowest BCUT2D eigenvalue weighted by atomic mass is 9.94. The predicted molar refractivity (Wildman–Crippen MR) is 154 cm³/mol. The molecule has 40 heavy (non-hydrogen) atoms. The lowest BCUT2D eigenvalue weighted by molar-refractivity contribution is -0.132. The van der Waals surface area contributed by atoms with Crippen molar-refractivity contribution in [1.29, 1.82) is 0 Å². The summed E-state index contributed by atoms with van der Waals surface area (Å²) in [5.41, 5.74) is 0.823. The Morgan fingerprint density at radius 2 is 1.60 bits per heavy atom. The number of amides is 1. The molecule has 1 aliphatic rings. The Labute approximate surface area is 242 Å². The van der Waals surface area contributed by atoms with Gasteiger partial charge < -0.3 is 24.1 Å². The first-order chi connectivity index (χ1) is 19.1. The van der Waals surface area contributed by atoms with E-state index in [0.717, 1.165) is 0 Å². The number of aliphatic hydroxyl groups is 1. The first-order valence-corrected chi connectivity index (χ1v) is 13.2. The van der Waals surface area contributed by atoms with Crippen LogP contribution in [0.1, 0.15) is 31.0 Å². The number of ketones is 1. The summed E-state index contributed by atoms with van der Waals surface area (Å²) in [6.45, 7) is 4.61. The van der Waals surface area contributed by atoms with Crippen LogP contribution in [-0.2, 0) is 9.59 Å². The molecule has 0 saturated carbocycles. The van der Waals surface area contributed by atoms with E-state index >= 15 is 0 Å². The molecule has 4 rings (SSSR count). The Balaban J connectivity index is 1.93. The van der Waals surface area contributed by atoms with Gasteiger partial charge in [0.1, 0.15) is 22.3 Å². The van der Waals surface area contributed by atoms with Crippen molar-refractivity contribution in [2.45, 2.75) is 19.9 Å². The van der Waals surface area contributed by atoms with E-state index < -0.39 is 23.5 Å². The summed E-state index contributed by atoms with van der Waals surface area (Å²) < 4.78 is 21.9. The number of nitrogens with zero attached hydrogens (tertiary/aromatic N) is 1. The standard InChI is InChI=1S/C30H29Cl2NO7/c1-16(2)15-40-19-11-9-18(10-12-19)33-25(17-7-6-8-20(13-17)37-3)23(27(35)30(33)36)26(34)21-14-22(31)29(39-5)24(32)28(21)38-4/h6-14,16,25,34H,15H2,1-5H3/b26-23+. The van der Waals surface area contributed by atoms with Gasteiger partial charge in [-0.1, -0.05) is 49.2 Å². The normalized spacial score (nSPS) is 16.4. The molecule has 1 saturated heterocycles. The second kappa shape index (κ2) is 12.1. The maximum absolute atomic E-state index is 13.6. The number of hydrogen-bond acceptors (Lipinski definition) is 7. The van der Waals surface area contributed by atoms with E-state index in [1.165, 1.54) is 32.3 Å². The van der Waals surface area contributed by atoms with E-state index in [0.29, 0.717) is 35.3 Å².